The molecule has 4 nitrogen and oxygen atoms in total. The molecule has 0 atom stereocenters. The number of rotatable bonds is 0. The van der Waals surface area contributed by atoms with Crippen LogP contribution in [-0.4, -0.2) is 15.0 Å². The molecule has 0 saturated carbocycles. The fourth-order valence-corrected chi connectivity index (χ4v) is 2.75. The number of fused-ring (bicyclic) bond motifs is 5. The molecule has 18 heavy (non-hydrogen) atoms. The number of nitrogen functional groups attached to an aromatic ring is 1. The van der Waals surface area contributed by atoms with E-state index in [-0.39, 0.29) is 0 Å². The normalized spacial score (nSPS) is 13.3. The molecule has 4 rings (SSSR count). The average molecular weight is 236 g/mol. The highest BCUT2D eigenvalue weighted by Crippen LogP contribution is 2.36. The number of nitrogens with one attached hydrogen (secondary N) is 1. The van der Waals surface area contributed by atoms with Crippen LogP contribution in [0.1, 0.15) is 11.1 Å². The van der Waals surface area contributed by atoms with Crippen LogP contribution in [0.4, 0.5) is 5.69 Å². The number of nitrogens with zero attached hydrogens (tertiary/aromatic N) is 2. The van der Waals surface area contributed by atoms with Gasteiger partial charge in [-0.2, -0.15) is 0 Å². The predicted molar refractivity (Wildman–Crippen MR) is 71.1 cm³/mol. The van der Waals surface area contributed by atoms with E-state index in [2.05, 4.69) is 15.0 Å². The highest BCUT2D eigenvalue weighted by atomic mass is 14.9. The SMILES string of the molecule is Nc1ccc2[nH]c3c(c2c1)CCc1cncnc1-3. The van der Waals surface area contributed by atoms with E-state index in [1.807, 2.05) is 24.4 Å². The third kappa shape index (κ3) is 1.20. The van der Waals surface area contributed by atoms with Crippen LogP contribution >= 0.6 is 0 Å². The summed E-state index contributed by atoms with van der Waals surface area (Å²) in [5.41, 5.74) is 12.5. The molecule has 3 aromatic rings. The third-order valence-electron chi connectivity index (χ3n) is 3.60. The van der Waals surface area contributed by atoms with Gasteiger partial charge in [0.2, 0.25) is 0 Å². The Morgan fingerprint density at radius 3 is 3.11 bits per heavy atom. The van der Waals surface area contributed by atoms with Crippen molar-refractivity contribution in [1.82, 2.24) is 15.0 Å². The monoisotopic (exact) mass is 236 g/mol. The van der Waals surface area contributed by atoms with Crippen LogP contribution < -0.4 is 5.73 Å². The highest BCUT2D eigenvalue weighted by molar-refractivity contribution is 5.93. The summed E-state index contributed by atoms with van der Waals surface area (Å²) in [4.78, 5) is 12.0. The number of aromatic nitrogens is 3. The van der Waals surface area contributed by atoms with Gasteiger partial charge in [0.1, 0.15) is 6.33 Å². The molecule has 1 aliphatic rings. The molecule has 2 heterocycles. The fraction of sp³-hybridized carbons (Fsp3) is 0.143. The number of nitrogens with two attached hydrogens (primary N) is 1. The summed E-state index contributed by atoms with van der Waals surface area (Å²) in [5, 5.41) is 1.22. The molecule has 4 heteroatoms. The first-order chi connectivity index (χ1) is 8.83. The molecule has 0 saturated heterocycles. The Morgan fingerprint density at radius 1 is 1.22 bits per heavy atom. The standard InChI is InChI=1S/C14H12N4/c15-9-2-4-12-11(5-9)10-3-1-8-6-16-7-17-13(8)14(10)18-12/h2,4-7,18H,1,3,15H2. The molecule has 1 aromatic carbocycles. The number of aryl methyl sites for hydroxylation is 2. The molecule has 0 amide bonds. The maximum atomic E-state index is 5.87. The topological polar surface area (TPSA) is 67.6 Å². The molecule has 2 aromatic heterocycles. The van der Waals surface area contributed by atoms with Crippen molar-refractivity contribution in [2.24, 2.45) is 0 Å². The van der Waals surface area contributed by atoms with Gasteiger partial charge >= 0.3 is 0 Å². The third-order valence-corrected chi connectivity index (χ3v) is 3.60. The van der Waals surface area contributed by atoms with Crippen molar-refractivity contribution < 1.29 is 0 Å². The van der Waals surface area contributed by atoms with Gasteiger partial charge < -0.3 is 10.7 Å². The second-order valence-corrected chi connectivity index (χ2v) is 4.68. The van der Waals surface area contributed by atoms with Crippen molar-refractivity contribution in [2.45, 2.75) is 12.8 Å². The lowest BCUT2D eigenvalue weighted by molar-refractivity contribution is 0.913. The first-order valence-electron chi connectivity index (χ1n) is 6.02. The molecular formula is C14H12N4. The Labute approximate surface area is 104 Å². The van der Waals surface area contributed by atoms with E-state index in [1.54, 1.807) is 6.33 Å². The second-order valence-electron chi connectivity index (χ2n) is 4.68. The molecule has 0 radical (unpaired) electrons. The van der Waals surface area contributed by atoms with Crippen molar-refractivity contribution in [2.75, 3.05) is 5.73 Å². The molecule has 0 unspecified atom stereocenters. The Hall–Kier alpha value is -2.36. The molecule has 0 aliphatic heterocycles. The lowest BCUT2D eigenvalue weighted by Gasteiger charge is -2.14. The van der Waals surface area contributed by atoms with Gasteiger partial charge in [0.15, 0.2) is 0 Å². The predicted octanol–water partition coefficient (Wildman–Crippen LogP) is 2.31. The molecular weight excluding hydrogens is 224 g/mol. The molecule has 0 spiro atoms. The van der Waals surface area contributed by atoms with E-state index in [0.29, 0.717) is 0 Å². The van der Waals surface area contributed by atoms with Gasteiger partial charge in [-0.05, 0) is 42.2 Å². The summed E-state index contributed by atoms with van der Waals surface area (Å²) in [5.74, 6) is 0. The zero-order valence-electron chi connectivity index (χ0n) is 9.77. The Kier molecular flexibility index (Phi) is 1.78. The van der Waals surface area contributed by atoms with E-state index in [9.17, 15) is 0 Å². The summed E-state index contributed by atoms with van der Waals surface area (Å²) in [6.07, 6.45) is 5.52. The summed E-state index contributed by atoms with van der Waals surface area (Å²) in [6.45, 7) is 0. The zero-order valence-corrected chi connectivity index (χ0v) is 9.77. The lowest BCUT2D eigenvalue weighted by atomic mass is 9.93. The number of hydrogen-bond donors (Lipinski definition) is 2. The molecule has 3 N–H and O–H groups in total. The highest BCUT2D eigenvalue weighted by Gasteiger charge is 2.21. The van der Waals surface area contributed by atoms with Crippen LogP contribution in [0.2, 0.25) is 0 Å². The first kappa shape index (κ1) is 9.65. The van der Waals surface area contributed by atoms with Gasteiger partial charge in [-0.25, -0.2) is 9.97 Å². The number of H-pyrrole nitrogens is 1. The molecule has 88 valence electrons. The summed E-state index contributed by atoms with van der Waals surface area (Å²) < 4.78 is 0. The average Bonchev–Trinajstić information content (AvgIpc) is 2.77. The van der Waals surface area contributed by atoms with Gasteiger partial charge in [0.05, 0.1) is 11.4 Å². The Morgan fingerprint density at radius 2 is 2.17 bits per heavy atom. The Bertz CT molecular complexity index is 758. The van der Waals surface area contributed by atoms with E-state index >= 15 is 0 Å². The quantitative estimate of drug-likeness (QED) is 0.588. The maximum absolute atomic E-state index is 5.87. The fourth-order valence-electron chi connectivity index (χ4n) is 2.75. The van der Waals surface area contributed by atoms with E-state index < -0.39 is 0 Å². The van der Waals surface area contributed by atoms with Gasteiger partial charge in [-0.15, -0.1) is 0 Å². The number of benzene rings is 1. The first-order valence-corrected chi connectivity index (χ1v) is 6.02. The number of anilines is 1. The van der Waals surface area contributed by atoms with Gasteiger partial charge in [-0.3, -0.25) is 0 Å². The summed E-state index contributed by atoms with van der Waals surface area (Å²) >= 11 is 0. The number of aromatic amines is 1. The van der Waals surface area contributed by atoms with Crippen LogP contribution in [-0.2, 0) is 12.8 Å². The van der Waals surface area contributed by atoms with Crippen molar-refractivity contribution in [3.8, 4) is 11.4 Å². The van der Waals surface area contributed by atoms with E-state index in [4.69, 9.17) is 5.73 Å². The van der Waals surface area contributed by atoms with E-state index in [0.717, 1.165) is 35.4 Å². The minimum atomic E-state index is 0.804. The van der Waals surface area contributed by atoms with Gasteiger partial charge in [-0.1, -0.05) is 0 Å². The Balaban J connectivity index is 2.08. The van der Waals surface area contributed by atoms with Gasteiger partial charge in [0, 0.05) is 22.8 Å². The van der Waals surface area contributed by atoms with Crippen LogP contribution in [0.5, 0.6) is 0 Å². The largest absolute Gasteiger partial charge is 0.399 e. The summed E-state index contributed by atoms with van der Waals surface area (Å²) in [6, 6.07) is 5.99. The number of hydrogen-bond acceptors (Lipinski definition) is 3. The minimum absolute atomic E-state index is 0.804. The smallest absolute Gasteiger partial charge is 0.116 e. The van der Waals surface area contributed by atoms with Gasteiger partial charge in [0.25, 0.3) is 0 Å². The van der Waals surface area contributed by atoms with Crippen LogP contribution in [0, 0.1) is 0 Å². The molecule has 0 bridgehead atoms. The lowest BCUT2D eigenvalue weighted by Crippen LogP contribution is -2.05. The second kappa shape index (κ2) is 3.32. The van der Waals surface area contributed by atoms with Crippen molar-refractivity contribution in [1.29, 1.82) is 0 Å². The van der Waals surface area contributed by atoms with Crippen LogP contribution in [0.15, 0.2) is 30.7 Å². The van der Waals surface area contributed by atoms with Crippen LogP contribution in [0.3, 0.4) is 0 Å². The van der Waals surface area contributed by atoms with Crippen molar-refractivity contribution in [3.05, 3.63) is 41.9 Å². The molecule has 1 aliphatic carbocycles. The minimum Gasteiger partial charge on any atom is -0.399 e. The summed E-state index contributed by atoms with van der Waals surface area (Å²) in [7, 11) is 0. The van der Waals surface area contributed by atoms with Crippen LogP contribution in [0.25, 0.3) is 22.3 Å². The molecule has 0 fully saturated rings. The van der Waals surface area contributed by atoms with E-state index in [1.165, 1.54) is 16.5 Å². The van der Waals surface area contributed by atoms with Crippen molar-refractivity contribution in [3.63, 3.8) is 0 Å². The maximum Gasteiger partial charge on any atom is 0.116 e. The zero-order chi connectivity index (χ0) is 12.1. The van der Waals surface area contributed by atoms with Crippen molar-refractivity contribution >= 4 is 16.6 Å².